The van der Waals surface area contributed by atoms with Gasteiger partial charge in [0.1, 0.15) is 18.6 Å². The summed E-state index contributed by atoms with van der Waals surface area (Å²) in [6.45, 7) is 0.112. The number of aldehydes is 1. The van der Waals surface area contributed by atoms with Gasteiger partial charge in [0.05, 0.1) is 30.8 Å². The first kappa shape index (κ1) is 20.1. The number of nitrogens with zero attached hydrogens (tertiary/aromatic N) is 4. The molecule has 158 valence electrons. The number of hydrogen-bond acceptors (Lipinski definition) is 9. The number of carbonyl (C=O) groups excluding carboxylic acids is 1. The van der Waals surface area contributed by atoms with Crippen LogP contribution >= 0.6 is 0 Å². The Balaban J connectivity index is 1.47. The number of imidazole rings is 1. The zero-order chi connectivity index (χ0) is 21.1. The molecule has 11 heteroatoms. The summed E-state index contributed by atoms with van der Waals surface area (Å²) in [6, 6.07) is 5.48. The van der Waals surface area contributed by atoms with Gasteiger partial charge in [-0.05, 0) is 18.6 Å². The maximum atomic E-state index is 12.0. The molecule has 0 bridgehead atoms. The molecule has 4 atom stereocenters. The predicted molar refractivity (Wildman–Crippen MR) is 105 cm³/mol. The van der Waals surface area contributed by atoms with Gasteiger partial charge in [0.15, 0.2) is 11.2 Å². The third-order valence-corrected chi connectivity index (χ3v) is 4.99. The summed E-state index contributed by atoms with van der Waals surface area (Å²) in [5, 5.41) is 10.5. The Labute approximate surface area is 170 Å². The number of fused-ring (bicyclic) bond motifs is 1. The van der Waals surface area contributed by atoms with Crippen LogP contribution in [0.2, 0.25) is 0 Å². The summed E-state index contributed by atoms with van der Waals surface area (Å²) in [4.78, 5) is 37.6. The molecular weight excluding hydrogens is 392 g/mol. The van der Waals surface area contributed by atoms with E-state index >= 15 is 0 Å². The lowest BCUT2D eigenvalue weighted by Gasteiger charge is -2.21. The predicted octanol–water partition coefficient (Wildman–Crippen LogP) is 0.482. The monoisotopic (exact) mass is 414 g/mol. The van der Waals surface area contributed by atoms with Gasteiger partial charge in [0.25, 0.3) is 5.56 Å². The molecule has 11 nitrogen and oxygen atoms in total. The van der Waals surface area contributed by atoms with E-state index in [9.17, 15) is 14.7 Å². The summed E-state index contributed by atoms with van der Waals surface area (Å²) in [5.41, 5.74) is 6.33. The van der Waals surface area contributed by atoms with E-state index in [4.69, 9.17) is 15.2 Å². The molecule has 1 unspecified atom stereocenters. The maximum absolute atomic E-state index is 12.0. The molecule has 4 rings (SSSR count). The molecular formula is C19H22N6O5. The second kappa shape index (κ2) is 8.69. The minimum absolute atomic E-state index is 0.0268. The van der Waals surface area contributed by atoms with Gasteiger partial charge >= 0.3 is 0 Å². The number of anilines is 1. The van der Waals surface area contributed by atoms with E-state index < -0.39 is 24.0 Å². The van der Waals surface area contributed by atoms with Gasteiger partial charge < -0.3 is 25.1 Å². The Kier molecular flexibility index (Phi) is 5.84. The van der Waals surface area contributed by atoms with Gasteiger partial charge in [-0.15, -0.1) is 0 Å². The van der Waals surface area contributed by atoms with Crippen LogP contribution in [0.1, 0.15) is 37.3 Å². The Bertz CT molecular complexity index is 1070. The summed E-state index contributed by atoms with van der Waals surface area (Å²) in [7, 11) is 0. The third kappa shape index (κ3) is 4.08. The first-order chi connectivity index (χ1) is 14.6. The zero-order valence-corrected chi connectivity index (χ0v) is 16.0. The highest BCUT2D eigenvalue weighted by molar-refractivity contribution is 5.70. The second-order valence-corrected chi connectivity index (χ2v) is 7.03. The summed E-state index contributed by atoms with van der Waals surface area (Å²) in [6.07, 6.45) is 2.66. The van der Waals surface area contributed by atoms with Gasteiger partial charge in [-0.2, -0.15) is 4.98 Å². The number of aromatic amines is 1. The fourth-order valence-corrected chi connectivity index (χ4v) is 3.50. The second-order valence-electron chi connectivity index (χ2n) is 7.03. The van der Waals surface area contributed by atoms with Crippen LogP contribution in [0, 0.1) is 0 Å². The van der Waals surface area contributed by atoms with Crippen molar-refractivity contribution in [3.05, 3.63) is 46.8 Å². The number of H-pyrrole nitrogens is 1. The standard InChI is InChI=1S/C19H22N6O5/c20-19-23-17-16(18(28)24-19)22-10-25(17)15-8-12(27)14(30-15)9-29-13(5-3-7-26)11-4-1-2-6-21-11/h1-2,4,6-7,10,12-15,27H,3,5,8-9H2,(H3,20,23,24,28)/t12-,13?,14+,15+/m0/s1. The van der Waals surface area contributed by atoms with Gasteiger partial charge in [-0.1, -0.05) is 6.07 Å². The summed E-state index contributed by atoms with van der Waals surface area (Å²) >= 11 is 0. The molecule has 0 saturated carbocycles. The molecule has 30 heavy (non-hydrogen) atoms. The minimum atomic E-state index is -0.790. The van der Waals surface area contributed by atoms with Crippen LogP contribution in [0.4, 0.5) is 5.95 Å². The number of aromatic nitrogens is 5. The maximum Gasteiger partial charge on any atom is 0.280 e. The molecule has 0 radical (unpaired) electrons. The Hall–Kier alpha value is -3.15. The molecule has 1 saturated heterocycles. The highest BCUT2D eigenvalue weighted by Crippen LogP contribution is 2.32. The van der Waals surface area contributed by atoms with Crippen molar-refractivity contribution < 1.29 is 19.4 Å². The fraction of sp³-hybridized carbons (Fsp3) is 0.421. The molecule has 1 aliphatic heterocycles. The highest BCUT2D eigenvalue weighted by Gasteiger charge is 2.36. The number of nitrogen functional groups attached to an aromatic ring is 1. The molecule has 0 spiro atoms. The molecule has 4 heterocycles. The molecule has 3 aromatic heterocycles. The molecule has 0 amide bonds. The van der Waals surface area contributed by atoms with E-state index in [1.165, 1.54) is 6.33 Å². The van der Waals surface area contributed by atoms with E-state index in [0.717, 1.165) is 6.29 Å². The normalized spacial score (nSPS) is 22.4. The number of nitrogens with two attached hydrogens (primary N) is 1. The number of hydrogen-bond donors (Lipinski definition) is 3. The van der Waals surface area contributed by atoms with Gasteiger partial charge in [0, 0.05) is 19.0 Å². The van der Waals surface area contributed by atoms with E-state index in [1.54, 1.807) is 16.8 Å². The van der Waals surface area contributed by atoms with E-state index in [1.807, 2.05) is 12.1 Å². The van der Waals surface area contributed by atoms with Gasteiger partial charge in [-0.25, -0.2) is 4.98 Å². The number of rotatable bonds is 8. The zero-order valence-electron chi connectivity index (χ0n) is 16.0. The Morgan fingerprint density at radius 3 is 3.07 bits per heavy atom. The highest BCUT2D eigenvalue weighted by atomic mass is 16.6. The van der Waals surface area contributed by atoms with E-state index in [0.29, 0.717) is 18.5 Å². The molecule has 0 aromatic carbocycles. The third-order valence-electron chi connectivity index (χ3n) is 4.99. The number of ether oxygens (including phenoxy) is 2. The van der Waals surface area contributed by atoms with Crippen LogP contribution < -0.4 is 11.3 Å². The number of pyridine rings is 1. The average Bonchev–Trinajstić information content (AvgIpc) is 3.32. The molecule has 3 aromatic rings. The van der Waals surface area contributed by atoms with Crippen molar-refractivity contribution in [1.82, 2.24) is 24.5 Å². The van der Waals surface area contributed by atoms with Crippen molar-refractivity contribution in [2.75, 3.05) is 12.3 Å². The van der Waals surface area contributed by atoms with E-state index in [2.05, 4.69) is 19.9 Å². The van der Waals surface area contributed by atoms with E-state index in [-0.39, 0.29) is 36.2 Å². The van der Waals surface area contributed by atoms with Crippen LogP contribution in [0.3, 0.4) is 0 Å². The summed E-state index contributed by atoms with van der Waals surface area (Å²) in [5.74, 6) is -0.0268. The van der Waals surface area contributed by atoms with Gasteiger partial charge in [-0.3, -0.25) is 19.3 Å². The number of aliphatic hydroxyl groups excluding tert-OH is 1. The van der Waals surface area contributed by atoms with Crippen molar-refractivity contribution >= 4 is 23.4 Å². The number of nitrogens with one attached hydrogen (secondary N) is 1. The topological polar surface area (TPSA) is 158 Å². The van der Waals surface area contributed by atoms with Crippen LogP contribution in [0.15, 0.2) is 35.5 Å². The lowest BCUT2D eigenvalue weighted by molar-refractivity contribution is -0.109. The molecule has 0 aliphatic carbocycles. The van der Waals surface area contributed by atoms with Crippen LogP contribution in [0.25, 0.3) is 11.2 Å². The average molecular weight is 414 g/mol. The van der Waals surface area contributed by atoms with Crippen LogP contribution in [-0.2, 0) is 14.3 Å². The summed E-state index contributed by atoms with van der Waals surface area (Å²) < 4.78 is 13.5. The SMILES string of the molecule is Nc1nc2c(ncn2[C@H]2C[C@H](O)[C@@H](COC(CCC=O)c3ccccn3)O2)c(=O)[nH]1. The number of aliphatic hydroxyl groups is 1. The minimum Gasteiger partial charge on any atom is -0.390 e. The van der Waals surface area contributed by atoms with Crippen LogP contribution in [0.5, 0.6) is 0 Å². The van der Waals surface area contributed by atoms with Crippen molar-refractivity contribution in [1.29, 1.82) is 0 Å². The first-order valence-electron chi connectivity index (χ1n) is 9.59. The lowest BCUT2D eigenvalue weighted by atomic mass is 10.1. The quantitative estimate of drug-likeness (QED) is 0.446. The van der Waals surface area contributed by atoms with Crippen LogP contribution in [-0.4, -0.2) is 54.7 Å². The Morgan fingerprint density at radius 2 is 2.30 bits per heavy atom. The molecule has 1 aliphatic rings. The number of carbonyl (C=O) groups is 1. The smallest absolute Gasteiger partial charge is 0.280 e. The van der Waals surface area contributed by atoms with Crippen molar-refractivity contribution in [2.24, 2.45) is 0 Å². The first-order valence-corrected chi connectivity index (χ1v) is 9.59. The Morgan fingerprint density at radius 1 is 1.43 bits per heavy atom. The van der Waals surface area contributed by atoms with Crippen molar-refractivity contribution in [3.63, 3.8) is 0 Å². The van der Waals surface area contributed by atoms with Crippen molar-refractivity contribution in [3.8, 4) is 0 Å². The van der Waals surface area contributed by atoms with Crippen molar-refractivity contribution in [2.45, 2.75) is 43.8 Å². The molecule has 1 fully saturated rings. The largest absolute Gasteiger partial charge is 0.390 e. The fourth-order valence-electron chi connectivity index (χ4n) is 3.50. The van der Waals surface area contributed by atoms with Gasteiger partial charge in [0.2, 0.25) is 5.95 Å². The molecule has 4 N–H and O–H groups in total. The lowest BCUT2D eigenvalue weighted by Crippen LogP contribution is -2.27.